The summed E-state index contributed by atoms with van der Waals surface area (Å²) in [4.78, 5) is 43.5. The molecule has 0 radical (unpaired) electrons. The van der Waals surface area contributed by atoms with Crippen LogP contribution in [0.2, 0.25) is 0 Å². The van der Waals surface area contributed by atoms with Crippen molar-refractivity contribution in [2.75, 3.05) is 33.9 Å². The minimum Gasteiger partial charge on any atom is -0.497 e. The van der Waals surface area contributed by atoms with Crippen molar-refractivity contribution in [3.63, 3.8) is 0 Å². The Bertz CT molecular complexity index is 1100. The number of ether oxygens (including phenoxy) is 2. The van der Waals surface area contributed by atoms with Gasteiger partial charge >= 0.3 is 0 Å². The van der Waals surface area contributed by atoms with E-state index in [9.17, 15) is 14.4 Å². The molecule has 1 saturated heterocycles. The predicted molar refractivity (Wildman–Crippen MR) is 135 cm³/mol. The number of methoxy groups -OCH3 is 2. The maximum Gasteiger partial charge on any atom is 0.254 e. The number of carbonyl (C=O) groups is 3. The molecule has 2 aromatic rings. The molecular weight excluding hydrogens is 460 g/mol. The third kappa shape index (κ3) is 5.79. The van der Waals surface area contributed by atoms with E-state index in [0.29, 0.717) is 43.1 Å². The zero-order valence-electron chi connectivity index (χ0n) is 20.8. The topological polar surface area (TPSA) is 114 Å². The van der Waals surface area contributed by atoms with Crippen LogP contribution < -0.4 is 20.5 Å². The molecule has 9 nitrogen and oxygen atoms in total. The molecule has 192 valence electrons. The highest BCUT2D eigenvalue weighted by Gasteiger charge is 2.45. The highest BCUT2D eigenvalue weighted by molar-refractivity contribution is 5.98. The van der Waals surface area contributed by atoms with Gasteiger partial charge in [0.1, 0.15) is 17.5 Å². The van der Waals surface area contributed by atoms with Gasteiger partial charge in [-0.25, -0.2) is 0 Å². The predicted octanol–water partition coefficient (Wildman–Crippen LogP) is 1.80. The Morgan fingerprint density at radius 1 is 1.06 bits per heavy atom. The molecule has 2 aromatic carbocycles. The highest BCUT2D eigenvalue weighted by atomic mass is 16.5. The number of likely N-dealkylation sites (tertiary alicyclic amines) is 1. The summed E-state index contributed by atoms with van der Waals surface area (Å²) in [5.74, 6) is 0.808. The number of rotatable bonds is 10. The van der Waals surface area contributed by atoms with Crippen LogP contribution in [0.4, 0.5) is 0 Å². The van der Waals surface area contributed by atoms with Gasteiger partial charge in [0.25, 0.3) is 5.91 Å². The molecule has 36 heavy (non-hydrogen) atoms. The lowest BCUT2D eigenvalue weighted by molar-refractivity contribution is -0.135. The van der Waals surface area contributed by atoms with E-state index in [-0.39, 0.29) is 36.2 Å². The lowest BCUT2D eigenvalue weighted by Crippen LogP contribution is -2.47. The van der Waals surface area contributed by atoms with Crippen molar-refractivity contribution in [1.29, 1.82) is 0 Å². The van der Waals surface area contributed by atoms with E-state index >= 15 is 0 Å². The Kier molecular flexibility index (Phi) is 8.10. The fourth-order valence-corrected chi connectivity index (χ4v) is 4.67. The van der Waals surface area contributed by atoms with E-state index in [2.05, 4.69) is 5.32 Å². The van der Waals surface area contributed by atoms with Gasteiger partial charge in [-0.15, -0.1) is 0 Å². The first-order valence-electron chi connectivity index (χ1n) is 12.3. The van der Waals surface area contributed by atoms with Crippen molar-refractivity contribution in [3.8, 4) is 11.5 Å². The fourth-order valence-electron chi connectivity index (χ4n) is 4.67. The van der Waals surface area contributed by atoms with Crippen molar-refractivity contribution in [1.82, 2.24) is 15.1 Å². The molecule has 1 aliphatic heterocycles. The maximum absolute atomic E-state index is 13.6. The zero-order chi connectivity index (χ0) is 25.7. The number of nitrogens with two attached hydrogens (primary N) is 1. The van der Waals surface area contributed by atoms with Gasteiger partial charge in [-0.3, -0.25) is 14.4 Å². The number of benzene rings is 2. The average molecular weight is 495 g/mol. The fraction of sp³-hybridized carbons (Fsp3) is 0.444. The zero-order valence-corrected chi connectivity index (χ0v) is 20.8. The van der Waals surface area contributed by atoms with E-state index in [1.54, 1.807) is 43.4 Å². The summed E-state index contributed by atoms with van der Waals surface area (Å²) in [7, 11) is 3.15. The minimum absolute atomic E-state index is 0.00302. The van der Waals surface area contributed by atoms with Crippen LogP contribution in [-0.4, -0.2) is 73.5 Å². The van der Waals surface area contributed by atoms with Crippen LogP contribution in [0.25, 0.3) is 0 Å². The first-order chi connectivity index (χ1) is 17.4. The quantitative estimate of drug-likeness (QED) is 0.521. The number of amides is 3. The molecule has 0 spiro atoms. The summed E-state index contributed by atoms with van der Waals surface area (Å²) in [5.41, 5.74) is 6.95. The first-order valence-corrected chi connectivity index (χ1v) is 12.3. The summed E-state index contributed by atoms with van der Waals surface area (Å²) in [6.45, 7) is 1.26. The molecule has 2 unspecified atom stereocenters. The van der Waals surface area contributed by atoms with Crippen molar-refractivity contribution >= 4 is 17.7 Å². The van der Waals surface area contributed by atoms with Crippen LogP contribution in [0.3, 0.4) is 0 Å². The third-order valence-corrected chi connectivity index (χ3v) is 6.74. The molecule has 0 bridgehead atoms. The van der Waals surface area contributed by atoms with Gasteiger partial charge in [0.05, 0.1) is 20.3 Å². The Balaban J connectivity index is 1.62. The standard InChI is InChI=1S/C27H34N4O5/c1-35-22-7-3-5-18(13-22)16-30(26(33)19-9-10-19)21-15-24(25(32)29-12-11-28)31(17-21)27(34)20-6-4-8-23(14-20)36-2/h3-8,13-14,19,21,24H,9-12,15-17,28H2,1-2H3,(H,29,32). The van der Waals surface area contributed by atoms with Gasteiger partial charge < -0.3 is 30.3 Å². The largest absolute Gasteiger partial charge is 0.497 e. The van der Waals surface area contributed by atoms with E-state index < -0.39 is 6.04 Å². The van der Waals surface area contributed by atoms with Gasteiger partial charge in [0, 0.05) is 37.7 Å². The summed E-state index contributed by atoms with van der Waals surface area (Å²) in [6.07, 6.45) is 2.09. The Labute approximate surface area is 211 Å². The Morgan fingerprint density at radius 3 is 2.42 bits per heavy atom. The van der Waals surface area contributed by atoms with Crippen molar-refractivity contribution in [2.24, 2.45) is 11.7 Å². The number of nitrogens with one attached hydrogen (secondary N) is 1. The van der Waals surface area contributed by atoms with Crippen molar-refractivity contribution in [3.05, 3.63) is 59.7 Å². The molecule has 3 N–H and O–H groups in total. The number of carbonyl (C=O) groups excluding carboxylic acids is 3. The van der Waals surface area contributed by atoms with Crippen LogP contribution in [-0.2, 0) is 16.1 Å². The molecule has 9 heteroatoms. The second-order valence-electron chi connectivity index (χ2n) is 9.27. The van der Waals surface area contributed by atoms with Crippen molar-refractivity contribution in [2.45, 2.75) is 37.9 Å². The normalized spacial score (nSPS) is 19.0. The molecule has 4 rings (SSSR count). The number of hydrogen-bond acceptors (Lipinski definition) is 6. The molecule has 1 aliphatic carbocycles. The second kappa shape index (κ2) is 11.4. The molecule has 0 aromatic heterocycles. The van der Waals surface area contributed by atoms with Crippen LogP contribution in [0, 0.1) is 5.92 Å². The smallest absolute Gasteiger partial charge is 0.254 e. The van der Waals surface area contributed by atoms with E-state index in [0.717, 1.165) is 18.4 Å². The highest BCUT2D eigenvalue weighted by Crippen LogP contribution is 2.35. The van der Waals surface area contributed by atoms with E-state index in [1.807, 2.05) is 29.2 Å². The Morgan fingerprint density at radius 2 is 1.75 bits per heavy atom. The van der Waals surface area contributed by atoms with Crippen LogP contribution >= 0.6 is 0 Å². The minimum atomic E-state index is -0.708. The average Bonchev–Trinajstić information content (AvgIpc) is 3.68. The molecule has 1 saturated carbocycles. The van der Waals surface area contributed by atoms with Gasteiger partial charge in [0.15, 0.2) is 0 Å². The van der Waals surface area contributed by atoms with Crippen LogP contribution in [0.15, 0.2) is 48.5 Å². The van der Waals surface area contributed by atoms with E-state index in [1.165, 1.54) is 0 Å². The van der Waals surface area contributed by atoms with Gasteiger partial charge in [0.2, 0.25) is 11.8 Å². The summed E-state index contributed by atoms with van der Waals surface area (Å²) >= 11 is 0. The Hall–Kier alpha value is -3.59. The summed E-state index contributed by atoms with van der Waals surface area (Å²) < 4.78 is 10.6. The maximum atomic E-state index is 13.6. The van der Waals surface area contributed by atoms with Crippen molar-refractivity contribution < 1.29 is 23.9 Å². The molecule has 1 heterocycles. The first kappa shape index (κ1) is 25.5. The lowest BCUT2D eigenvalue weighted by Gasteiger charge is -2.29. The summed E-state index contributed by atoms with van der Waals surface area (Å²) in [5, 5.41) is 2.82. The van der Waals surface area contributed by atoms with Gasteiger partial charge in [-0.05, 0) is 55.2 Å². The van der Waals surface area contributed by atoms with Gasteiger partial charge in [-0.2, -0.15) is 0 Å². The molecular formula is C27H34N4O5. The molecule has 2 aliphatic rings. The van der Waals surface area contributed by atoms with E-state index in [4.69, 9.17) is 15.2 Å². The second-order valence-corrected chi connectivity index (χ2v) is 9.27. The van der Waals surface area contributed by atoms with Crippen LogP contribution in [0.1, 0.15) is 35.2 Å². The number of nitrogens with zero attached hydrogens (tertiary/aromatic N) is 2. The lowest BCUT2D eigenvalue weighted by atomic mass is 10.1. The SMILES string of the molecule is COc1cccc(CN(C(=O)C2CC2)C2CC(C(=O)NCCN)N(C(=O)c3cccc(OC)c3)C2)c1. The summed E-state index contributed by atoms with van der Waals surface area (Å²) in [6, 6.07) is 13.5. The third-order valence-electron chi connectivity index (χ3n) is 6.74. The van der Waals surface area contributed by atoms with Crippen LogP contribution in [0.5, 0.6) is 11.5 Å². The number of hydrogen-bond donors (Lipinski definition) is 2. The van der Waals surface area contributed by atoms with Gasteiger partial charge in [-0.1, -0.05) is 18.2 Å². The monoisotopic (exact) mass is 494 g/mol. The molecule has 2 atom stereocenters. The molecule has 2 fully saturated rings. The molecule has 3 amide bonds.